The van der Waals surface area contributed by atoms with E-state index in [1.54, 1.807) is 0 Å². The maximum atomic E-state index is 12.7. The molecule has 3 aliphatic rings. The monoisotopic (exact) mass is 369 g/mol. The fourth-order valence-corrected chi connectivity index (χ4v) is 4.71. The van der Waals surface area contributed by atoms with Gasteiger partial charge in [-0.3, -0.25) is 0 Å². The van der Waals surface area contributed by atoms with Gasteiger partial charge in [-0.15, -0.1) is 0 Å². The van der Waals surface area contributed by atoms with E-state index in [1.165, 1.54) is 16.6 Å². The Hall–Kier alpha value is -2.04. The van der Waals surface area contributed by atoms with Crippen molar-refractivity contribution < 1.29 is 9.53 Å². The summed E-state index contributed by atoms with van der Waals surface area (Å²) in [5.74, 6) is 1.86. The van der Waals surface area contributed by atoms with E-state index in [2.05, 4.69) is 30.5 Å². The Morgan fingerprint density at radius 3 is 2.41 bits per heavy atom. The van der Waals surface area contributed by atoms with Crippen molar-refractivity contribution in [2.24, 2.45) is 0 Å². The second kappa shape index (κ2) is 6.54. The number of carbonyl (C=O) groups excluding carboxylic acids is 1. The summed E-state index contributed by atoms with van der Waals surface area (Å²) in [7, 11) is 0. The zero-order valence-corrected chi connectivity index (χ0v) is 17.2. The highest BCUT2D eigenvalue weighted by molar-refractivity contribution is 5.79. The highest BCUT2D eigenvalue weighted by atomic mass is 16.6. The lowest BCUT2D eigenvalue weighted by Crippen LogP contribution is -2.38. The Bertz CT molecular complexity index is 878. The van der Waals surface area contributed by atoms with E-state index in [0.717, 1.165) is 50.2 Å². The summed E-state index contributed by atoms with van der Waals surface area (Å²) in [5.41, 5.74) is 4.69. The molecule has 1 aromatic heterocycles. The molecule has 27 heavy (non-hydrogen) atoms. The van der Waals surface area contributed by atoms with E-state index in [0.29, 0.717) is 11.8 Å². The van der Waals surface area contributed by atoms with E-state index in [4.69, 9.17) is 9.72 Å². The molecule has 5 rings (SSSR count). The number of carbonyl (C=O) groups is 1. The van der Waals surface area contributed by atoms with Crippen LogP contribution in [-0.4, -0.2) is 39.2 Å². The molecule has 5 heteroatoms. The molecule has 0 radical (unpaired) electrons. The summed E-state index contributed by atoms with van der Waals surface area (Å²) in [4.78, 5) is 19.4. The minimum Gasteiger partial charge on any atom is -0.444 e. The molecule has 0 N–H and O–H groups in total. The zero-order chi connectivity index (χ0) is 19.3. The van der Waals surface area contributed by atoms with Gasteiger partial charge in [0.05, 0.1) is 11.0 Å². The summed E-state index contributed by atoms with van der Waals surface area (Å²) in [6.45, 7) is 12.6. The van der Waals surface area contributed by atoms with Crippen molar-refractivity contribution in [3.05, 3.63) is 29.1 Å². The van der Waals surface area contributed by atoms with Gasteiger partial charge < -0.3 is 14.2 Å². The van der Waals surface area contributed by atoms with Gasteiger partial charge in [-0.1, -0.05) is 6.92 Å². The van der Waals surface area contributed by atoms with Crippen LogP contribution in [0, 0.1) is 6.92 Å². The third kappa shape index (κ3) is 3.32. The van der Waals surface area contributed by atoms with Crippen LogP contribution in [0.5, 0.6) is 0 Å². The van der Waals surface area contributed by atoms with Gasteiger partial charge in [0.2, 0.25) is 0 Å². The third-order valence-corrected chi connectivity index (χ3v) is 5.87. The van der Waals surface area contributed by atoms with Gasteiger partial charge in [0.1, 0.15) is 11.4 Å². The van der Waals surface area contributed by atoms with E-state index >= 15 is 0 Å². The SMILES string of the molecule is CCCn1c(C)nc2cc3c(cc21)C1CCC3CN(C(=O)OC(C)(C)C)C1. The van der Waals surface area contributed by atoms with E-state index in [-0.39, 0.29) is 6.09 Å². The number of fused-ring (bicyclic) bond motifs is 4. The first-order valence-corrected chi connectivity index (χ1v) is 10.3. The van der Waals surface area contributed by atoms with Gasteiger partial charge in [-0.25, -0.2) is 9.78 Å². The predicted molar refractivity (Wildman–Crippen MR) is 107 cm³/mol. The molecule has 1 amide bonds. The number of benzene rings is 1. The van der Waals surface area contributed by atoms with Gasteiger partial charge in [-0.05, 0) is 70.2 Å². The van der Waals surface area contributed by atoms with E-state index in [1.807, 2.05) is 25.7 Å². The first-order valence-electron chi connectivity index (χ1n) is 10.3. The van der Waals surface area contributed by atoms with Crippen LogP contribution in [0.4, 0.5) is 4.79 Å². The summed E-state index contributed by atoms with van der Waals surface area (Å²) in [5, 5.41) is 0. The Labute approximate surface area is 161 Å². The van der Waals surface area contributed by atoms with Crippen molar-refractivity contribution in [2.45, 2.75) is 77.9 Å². The van der Waals surface area contributed by atoms with Crippen LogP contribution in [0.2, 0.25) is 0 Å². The van der Waals surface area contributed by atoms with Crippen LogP contribution >= 0.6 is 0 Å². The first kappa shape index (κ1) is 18.3. The standard InChI is InChI=1S/C22H31N3O2/c1-6-9-25-14(2)23-19-10-17-15-7-8-16(18(17)11-20(19)25)13-24(12-15)21(26)27-22(3,4)5/h10-11,15-16H,6-9,12-13H2,1-5H3. The van der Waals surface area contributed by atoms with Crippen molar-refractivity contribution in [1.82, 2.24) is 14.5 Å². The molecule has 1 saturated heterocycles. The summed E-state index contributed by atoms with van der Waals surface area (Å²) in [6, 6.07) is 4.65. The lowest BCUT2D eigenvalue weighted by atomic mass is 9.78. The van der Waals surface area contributed by atoms with E-state index in [9.17, 15) is 4.79 Å². The minimum absolute atomic E-state index is 0.179. The Kier molecular flexibility index (Phi) is 4.44. The van der Waals surface area contributed by atoms with Crippen molar-refractivity contribution in [3.63, 3.8) is 0 Å². The largest absolute Gasteiger partial charge is 0.444 e. The maximum Gasteiger partial charge on any atom is 0.410 e. The van der Waals surface area contributed by atoms with Crippen molar-refractivity contribution in [3.8, 4) is 0 Å². The zero-order valence-electron chi connectivity index (χ0n) is 17.2. The average Bonchev–Trinajstić information content (AvgIpc) is 2.76. The number of amides is 1. The van der Waals surface area contributed by atoms with Crippen LogP contribution in [0.3, 0.4) is 0 Å². The summed E-state index contributed by atoms with van der Waals surface area (Å²) in [6.07, 6.45) is 3.20. The lowest BCUT2D eigenvalue weighted by Gasteiger charge is -2.27. The average molecular weight is 370 g/mol. The highest BCUT2D eigenvalue weighted by Gasteiger charge is 2.37. The second-order valence-corrected chi connectivity index (χ2v) is 9.14. The smallest absolute Gasteiger partial charge is 0.410 e. The highest BCUT2D eigenvalue weighted by Crippen LogP contribution is 2.44. The normalized spacial score (nSPS) is 22.0. The molecule has 2 atom stereocenters. The van der Waals surface area contributed by atoms with Crippen LogP contribution in [0.25, 0.3) is 11.0 Å². The molecule has 3 heterocycles. The topological polar surface area (TPSA) is 47.4 Å². The molecular weight excluding hydrogens is 338 g/mol. The number of imidazole rings is 1. The minimum atomic E-state index is -0.455. The number of nitrogens with zero attached hydrogens (tertiary/aromatic N) is 3. The molecule has 0 saturated carbocycles. The van der Waals surface area contributed by atoms with Crippen LogP contribution in [0.15, 0.2) is 12.1 Å². The Morgan fingerprint density at radius 2 is 1.81 bits per heavy atom. The van der Waals surface area contributed by atoms with Gasteiger partial charge in [0.15, 0.2) is 0 Å². The molecule has 5 nitrogen and oxygen atoms in total. The third-order valence-electron chi connectivity index (χ3n) is 5.87. The van der Waals surface area contributed by atoms with Crippen LogP contribution in [-0.2, 0) is 11.3 Å². The lowest BCUT2D eigenvalue weighted by molar-refractivity contribution is 0.0246. The molecule has 2 bridgehead atoms. The molecule has 2 aromatic rings. The maximum absolute atomic E-state index is 12.7. The van der Waals surface area contributed by atoms with E-state index < -0.39 is 5.60 Å². The van der Waals surface area contributed by atoms with Gasteiger partial charge >= 0.3 is 6.09 Å². The number of aryl methyl sites for hydroxylation is 2. The molecule has 2 aliphatic heterocycles. The molecule has 0 spiro atoms. The summed E-state index contributed by atoms with van der Waals surface area (Å²) >= 11 is 0. The summed E-state index contributed by atoms with van der Waals surface area (Å²) < 4.78 is 7.99. The number of ether oxygens (including phenoxy) is 1. The number of rotatable bonds is 2. The van der Waals surface area contributed by atoms with Crippen molar-refractivity contribution in [1.29, 1.82) is 0 Å². The Morgan fingerprint density at radius 1 is 1.19 bits per heavy atom. The van der Waals surface area contributed by atoms with Crippen molar-refractivity contribution in [2.75, 3.05) is 13.1 Å². The molecule has 1 aromatic carbocycles. The van der Waals surface area contributed by atoms with Crippen molar-refractivity contribution >= 4 is 17.1 Å². The van der Waals surface area contributed by atoms with Gasteiger partial charge in [0, 0.05) is 31.5 Å². The van der Waals surface area contributed by atoms with Crippen LogP contribution in [0.1, 0.15) is 75.7 Å². The molecule has 2 unspecified atom stereocenters. The predicted octanol–water partition coefficient (Wildman–Crippen LogP) is 4.97. The van der Waals surface area contributed by atoms with Gasteiger partial charge in [-0.2, -0.15) is 0 Å². The molecule has 146 valence electrons. The first-order chi connectivity index (χ1) is 12.8. The molecule has 1 aliphatic carbocycles. The fourth-order valence-electron chi connectivity index (χ4n) is 4.71. The van der Waals surface area contributed by atoms with Crippen LogP contribution < -0.4 is 0 Å². The number of aromatic nitrogens is 2. The number of hydrogen-bond donors (Lipinski definition) is 0. The quantitative estimate of drug-likeness (QED) is 0.751. The number of hydrogen-bond acceptors (Lipinski definition) is 3. The Balaban J connectivity index is 1.71. The molecule has 1 fully saturated rings. The second-order valence-electron chi connectivity index (χ2n) is 9.14. The van der Waals surface area contributed by atoms with Gasteiger partial charge in [0.25, 0.3) is 0 Å². The molecular formula is C22H31N3O2. The fraction of sp³-hybridized carbons (Fsp3) is 0.636.